The Morgan fingerprint density at radius 2 is 2.00 bits per heavy atom. The summed E-state index contributed by atoms with van der Waals surface area (Å²) in [6.07, 6.45) is 7.05. The number of aliphatic hydroxyl groups excluding tert-OH is 1. The van der Waals surface area contributed by atoms with Crippen molar-refractivity contribution in [3.05, 3.63) is 42.1 Å². The number of hydrogen-bond donors (Lipinski definition) is 2. The Morgan fingerprint density at radius 3 is 2.90 bits per heavy atom. The van der Waals surface area contributed by atoms with E-state index in [4.69, 9.17) is 0 Å². The van der Waals surface area contributed by atoms with Gasteiger partial charge in [0, 0.05) is 17.6 Å². The van der Waals surface area contributed by atoms with E-state index in [1.165, 1.54) is 17.4 Å². The molecule has 1 saturated carbocycles. The summed E-state index contributed by atoms with van der Waals surface area (Å²) < 4.78 is 0. The van der Waals surface area contributed by atoms with Crippen LogP contribution in [0.2, 0.25) is 0 Å². The van der Waals surface area contributed by atoms with Gasteiger partial charge in [-0.05, 0) is 37.4 Å². The maximum Gasteiger partial charge on any atom is 0.0734 e. The first-order chi connectivity index (χ1) is 9.84. The normalized spacial score (nSPS) is 23.1. The van der Waals surface area contributed by atoms with Crippen molar-refractivity contribution in [3.63, 3.8) is 0 Å². The molecule has 106 valence electrons. The van der Waals surface area contributed by atoms with Crippen molar-refractivity contribution in [2.75, 3.05) is 6.54 Å². The molecule has 0 amide bonds. The molecule has 0 aliphatic heterocycles. The summed E-state index contributed by atoms with van der Waals surface area (Å²) in [7, 11) is 0. The molecule has 0 radical (unpaired) electrons. The third-order valence-corrected chi connectivity index (χ3v) is 4.25. The molecule has 1 aromatic carbocycles. The van der Waals surface area contributed by atoms with Crippen LogP contribution in [0.15, 0.2) is 36.5 Å². The molecule has 1 fully saturated rings. The lowest BCUT2D eigenvalue weighted by atomic mass is 9.92. The second-order valence-electron chi connectivity index (χ2n) is 5.65. The van der Waals surface area contributed by atoms with E-state index in [1.807, 2.05) is 12.3 Å². The summed E-state index contributed by atoms with van der Waals surface area (Å²) in [6.45, 7) is 0.900. The molecule has 1 aliphatic carbocycles. The van der Waals surface area contributed by atoms with E-state index in [0.717, 1.165) is 37.7 Å². The van der Waals surface area contributed by atoms with Crippen LogP contribution < -0.4 is 5.32 Å². The van der Waals surface area contributed by atoms with Crippen molar-refractivity contribution in [1.82, 2.24) is 10.3 Å². The third kappa shape index (κ3) is 3.00. The molecule has 2 N–H and O–H groups in total. The zero-order chi connectivity index (χ0) is 13.8. The van der Waals surface area contributed by atoms with Gasteiger partial charge in [0.15, 0.2) is 0 Å². The number of fused-ring (bicyclic) bond motifs is 1. The highest BCUT2D eigenvalue weighted by molar-refractivity contribution is 5.81. The summed E-state index contributed by atoms with van der Waals surface area (Å²) in [5, 5.41) is 14.7. The Morgan fingerprint density at radius 1 is 1.15 bits per heavy atom. The fourth-order valence-corrected chi connectivity index (χ4v) is 3.11. The maximum absolute atomic E-state index is 9.96. The van der Waals surface area contributed by atoms with Gasteiger partial charge in [-0.1, -0.05) is 37.1 Å². The first-order valence-corrected chi connectivity index (χ1v) is 7.58. The number of pyridine rings is 1. The Kier molecular flexibility index (Phi) is 4.28. The van der Waals surface area contributed by atoms with Crippen LogP contribution in [0.4, 0.5) is 0 Å². The first-order valence-electron chi connectivity index (χ1n) is 7.58. The van der Waals surface area contributed by atoms with Gasteiger partial charge in [-0.25, -0.2) is 0 Å². The van der Waals surface area contributed by atoms with Crippen molar-refractivity contribution in [2.45, 2.75) is 44.2 Å². The van der Waals surface area contributed by atoms with Crippen LogP contribution in [0.1, 0.15) is 31.2 Å². The summed E-state index contributed by atoms with van der Waals surface area (Å²) in [4.78, 5) is 4.48. The van der Waals surface area contributed by atoms with Crippen molar-refractivity contribution < 1.29 is 5.11 Å². The number of nitrogens with one attached hydrogen (secondary N) is 1. The molecule has 1 heterocycles. The molecule has 0 bridgehead atoms. The Balaban J connectivity index is 1.62. The van der Waals surface area contributed by atoms with Crippen molar-refractivity contribution in [3.8, 4) is 0 Å². The molecule has 3 heteroatoms. The van der Waals surface area contributed by atoms with Gasteiger partial charge in [0.1, 0.15) is 0 Å². The minimum atomic E-state index is -0.172. The Labute approximate surface area is 120 Å². The van der Waals surface area contributed by atoms with Gasteiger partial charge < -0.3 is 10.4 Å². The van der Waals surface area contributed by atoms with Crippen LogP contribution in [-0.2, 0) is 6.42 Å². The summed E-state index contributed by atoms with van der Waals surface area (Å²) in [5.74, 6) is 0. The smallest absolute Gasteiger partial charge is 0.0734 e. The zero-order valence-corrected chi connectivity index (χ0v) is 11.8. The number of nitrogens with zero attached hydrogens (tertiary/aromatic N) is 1. The number of rotatable bonds is 4. The van der Waals surface area contributed by atoms with E-state index in [2.05, 4.69) is 34.6 Å². The molecule has 20 heavy (non-hydrogen) atoms. The van der Waals surface area contributed by atoms with E-state index < -0.39 is 0 Å². The number of aliphatic hydroxyl groups is 1. The molecule has 1 aromatic heterocycles. The van der Waals surface area contributed by atoms with Crippen LogP contribution in [0.25, 0.3) is 10.9 Å². The molecule has 1 aliphatic rings. The van der Waals surface area contributed by atoms with E-state index in [0.29, 0.717) is 0 Å². The highest BCUT2D eigenvalue weighted by Crippen LogP contribution is 2.19. The molecular formula is C17H22N2O. The number of benzene rings is 1. The van der Waals surface area contributed by atoms with Crippen LogP contribution in [0.5, 0.6) is 0 Å². The molecule has 0 saturated heterocycles. The Bertz CT molecular complexity index is 564. The molecule has 2 aromatic rings. The average Bonchev–Trinajstić information content (AvgIpc) is 2.49. The van der Waals surface area contributed by atoms with Gasteiger partial charge >= 0.3 is 0 Å². The highest BCUT2D eigenvalue weighted by Gasteiger charge is 2.21. The monoisotopic (exact) mass is 270 g/mol. The lowest BCUT2D eigenvalue weighted by Crippen LogP contribution is -2.42. The molecule has 0 spiro atoms. The predicted molar refractivity (Wildman–Crippen MR) is 81.7 cm³/mol. The molecule has 2 atom stereocenters. The largest absolute Gasteiger partial charge is 0.392 e. The molecular weight excluding hydrogens is 248 g/mol. The van der Waals surface area contributed by atoms with E-state index in [-0.39, 0.29) is 12.1 Å². The topological polar surface area (TPSA) is 45.1 Å². The molecule has 0 unspecified atom stereocenters. The van der Waals surface area contributed by atoms with Crippen LogP contribution >= 0.6 is 0 Å². The lowest BCUT2D eigenvalue weighted by Gasteiger charge is -2.28. The summed E-state index contributed by atoms with van der Waals surface area (Å²) >= 11 is 0. The minimum Gasteiger partial charge on any atom is -0.392 e. The van der Waals surface area contributed by atoms with E-state index in [9.17, 15) is 5.11 Å². The minimum absolute atomic E-state index is 0.172. The fourth-order valence-electron chi connectivity index (χ4n) is 3.11. The SMILES string of the molecule is O[C@H]1CCCC[C@@H]1NCCc1cccc2cccnc12. The maximum atomic E-state index is 9.96. The zero-order valence-electron chi connectivity index (χ0n) is 11.8. The van der Waals surface area contributed by atoms with Gasteiger partial charge in [0.2, 0.25) is 0 Å². The van der Waals surface area contributed by atoms with Crippen molar-refractivity contribution >= 4 is 10.9 Å². The predicted octanol–water partition coefficient (Wildman–Crippen LogP) is 2.67. The third-order valence-electron chi connectivity index (χ3n) is 4.25. The summed E-state index contributed by atoms with van der Waals surface area (Å²) in [5.41, 5.74) is 2.38. The average molecular weight is 270 g/mol. The quantitative estimate of drug-likeness (QED) is 0.898. The van der Waals surface area contributed by atoms with Gasteiger partial charge in [-0.3, -0.25) is 4.98 Å². The van der Waals surface area contributed by atoms with Crippen LogP contribution in [-0.4, -0.2) is 28.8 Å². The van der Waals surface area contributed by atoms with E-state index in [1.54, 1.807) is 0 Å². The highest BCUT2D eigenvalue weighted by atomic mass is 16.3. The van der Waals surface area contributed by atoms with E-state index >= 15 is 0 Å². The second-order valence-corrected chi connectivity index (χ2v) is 5.65. The van der Waals surface area contributed by atoms with Gasteiger partial charge in [-0.15, -0.1) is 0 Å². The number of aromatic nitrogens is 1. The lowest BCUT2D eigenvalue weighted by molar-refractivity contribution is 0.0914. The van der Waals surface area contributed by atoms with Gasteiger partial charge in [-0.2, -0.15) is 0 Å². The first kappa shape index (κ1) is 13.5. The summed E-state index contributed by atoms with van der Waals surface area (Å²) in [6, 6.07) is 10.7. The van der Waals surface area contributed by atoms with Crippen molar-refractivity contribution in [1.29, 1.82) is 0 Å². The second kappa shape index (κ2) is 6.33. The van der Waals surface area contributed by atoms with Gasteiger partial charge in [0.05, 0.1) is 11.6 Å². The number of hydrogen-bond acceptors (Lipinski definition) is 3. The van der Waals surface area contributed by atoms with Crippen molar-refractivity contribution in [2.24, 2.45) is 0 Å². The van der Waals surface area contributed by atoms with Crippen LogP contribution in [0.3, 0.4) is 0 Å². The Hall–Kier alpha value is -1.45. The number of para-hydroxylation sites is 1. The molecule has 3 rings (SSSR count). The van der Waals surface area contributed by atoms with Gasteiger partial charge in [0.25, 0.3) is 0 Å². The standard InChI is InChI=1S/C17H22N2O/c20-16-9-2-1-8-15(16)18-12-10-14-6-3-5-13-7-4-11-19-17(13)14/h3-7,11,15-16,18,20H,1-2,8-10,12H2/t15-,16-/m0/s1. The van der Waals surface area contributed by atoms with Crippen LogP contribution in [0, 0.1) is 0 Å². The molecule has 3 nitrogen and oxygen atoms in total. The fraction of sp³-hybridized carbons (Fsp3) is 0.471.